The second-order valence-electron chi connectivity index (χ2n) is 7.90. The van der Waals surface area contributed by atoms with Gasteiger partial charge in [-0.1, -0.05) is 29.8 Å². The summed E-state index contributed by atoms with van der Waals surface area (Å²) in [6, 6.07) is 8.21. The van der Waals surface area contributed by atoms with Gasteiger partial charge in [0.05, 0.1) is 12.6 Å². The van der Waals surface area contributed by atoms with Crippen LogP contribution in [0.3, 0.4) is 0 Å². The molecule has 0 radical (unpaired) electrons. The van der Waals surface area contributed by atoms with Crippen LogP contribution in [0, 0.1) is 12.8 Å². The lowest BCUT2D eigenvalue weighted by Gasteiger charge is -2.32. The van der Waals surface area contributed by atoms with Crippen molar-refractivity contribution in [1.82, 2.24) is 20.9 Å². The van der Waals surface area contributed by atoms with Crippen LogP contribution in [0.15, 0.2) is 24.3 Å². The molecule has 2 aliphatic heterocycles. The van der Waals surface area contributed by atoms with E-state index in [1.165, 1.54) is 5.56 Å². The Morgan fingerprint density at radius 1 is 1.15 bits per heavy atom. The summed E-state index contributed by atoms with van der Waals surface area (Å²) < 4.78 is 0. The number of carbonyl (C=O) groups excluding carboxylic acids is 2. The molecule has 0 aromatic heterocycles. The Morgan fingerprint density at radius 2 is 1.96 bits per heavy atom. The predicted octanol–water partition coefficient (Wildman–Crippen LogP) is 1.19. The number of rotatable bonds is 7. The molecule has 148 valence electrons. The molecule has 6 heteroatoms. The topological polar surface area (TPSA) is 73.5 Å². The van der Waals surface area contributed by atoms with Crippen LogP contribution in [-0.2, 0) is 16.1 Å². The summed E-state index contributed by atoms with van der Waals surface area (Å²) in [5.74, 6) is 0.616. The molecular weight excluding hydrogens is 340 g/mol. The zero-order chi connectivity index (χ0) is 19.1. The predicted molar refractivity (Wildman–Crippen MR) is 106 cm³/mol. The first-order valence-corrected chi connectivity index (χ1v) is 10.2. The van der Waals surface area contributed by atoms with Gasteiger partial charge in [0.25, 0.3) is 0 Å². The van der Waals surface area contributed by atoms with Gasteiger partial charge in [0.2, 0.25) is 11.8 Å². The Morgan fingerprint density at radius 3 is 2.70 bits per heavy atom. The third-order valence-electron chi connectivity index (χ3n) is 5.52. The van der Waals surface area contributed by atoms with Crippen molar-refractivity contribution in [3.63, 3.8) is 0 Å². The average molecular weight is 373 g/mol. The van der Waals surface area contributed by atoms with E-state index in [9.17, 15) is 9.59 Å². The summed E-state index contributed by atoms with van der Waals surface area (Å²) in [5.41, 5.74) is 2.34. The van der Waals surface area contributed by atoms with E-state index in [-0.39, 0.29) is 17.9 Å². The van der Waals surface area contributed by atoms with Crippen LogP contribution >= 0.6 is 0 Å². The number of nitrogens with one attached hydrogen (secondary N) is 3. The molecule has 2 saturated heterocycles. The molecule has 3 N–H and O–H groups in total. The number of benzene rings is 1. The molecule has 3 rings (SSSR count). The summed E-state index contributed by atoms with van der Waals surface area (Å²) in [5, 5.41) is 9.33. The highest BCUT2D eigenvalue weighted by Crippen LogP contribution is 2.16. The quantitative estimate of drug-likeness (QED) is 0.672. The molecule has 0 bridgehead atoms. The molecule has 1 aromatic carbocycles. The maximum absolute atomic E-state index is 12.3. The van der Waals surface area contributed by atoms with Crippen LogP contribution in [0.2, 0.25) is 0 Å². The molecule has 2 aliphatic rings. The van der Waals surface area contributed by atoms with E-state index in [1.807, 2.05) is 0 Å². The molecule has 1 aromatic rings. The van der Waals surface area contributed by atoms with E-state index >= 15 is 0 Å². The highest BCUT2D eigenvalue weighted by Gasteiger charge is 2.25. The van der Waals surface area contributed by atoms with Gasteiger partial charge < -0.3 is 16.0 Å². The van der Waals surface area contributed by atoms with Crippen molar-refractivity contribution >= 4 is 11.8 Å². The summed E-state index contributed by atoms with van der Waals surface area (Å²) in [6.07, 6.45) is 4.20. The van der Waals surface area contributed by atoms with Crippen LogP contribution in [0.1, 0.15) is 36.8 Å². The summed E-state index contributed by atoms with van der Waals surface area (Å²) in [7, 11) is 0. The minimum Gasteiger partial charge on any atom is -0.354 e. The van der Waals surface area contributed by atoms with Gasteiger partial charge in [-0.25, -0.2) is 0 Å². The van der Waals surface area contributed by atoms with E-state index in [2.05, 4.69) is 52.0 Å². The van der Waals surface area contributed by atoms with Gasteiger partial charge in [0.1, 0.15) is 0 Å². The minimum atomic E-state index is -0.0164. The third kappa shape index (κ3) is 6.33. The fourth-order valence-electron chi connectivity index (χ4n) is 3.90. The van der Waals surface area contributed by atoms with Crippen LogP contribution in [0.4, 0.5) is 0 Å². The van der Waals surface area contributed by atoms with Crippen LogP contribution < -0.4 is 16.0 Å². The first-order chi connectivity index (χ1) is 13.1. The number of aryl methyl sites for hydroxylation is 1. The fraction of sp³-hybridized carbons (Fsp3) is 0.619. The Bertz CT molecular complexity index is 626. The van der Waals surface area contributed by atoms with E-state index in [0.717, 1.165) is 50.9 Å². The first kappa shape index (κ1) is 19.8. The van der Waals surface area contributed by atoms with E-state index in [0.29, 0.717) is 25.6 Å². The maximum atomic E-state index is 12.3. The van der Waals surface area contributed by atoms with Crippen LogP contribution in [0.5, 0.6) is 0 Å². The van der Waals surface area contributed by atoms with Crippen molar-refractivity contribution in [1.29, 1.82) is 0 Å². The normalized spacial score (nSPS) is 23.1. The molecule has 0 saturated carbocycles. The molecule has 2 heterocycles. The number of piperidine rings is 1. The van der Waals surface area contributed by atoms with Crippen molar-refractivity contribution in [2.75, 3.05) is 32.7 Å². The highest BCUT2D eigenvalue weighted by molar-refractivity contribution is 5.82. The lowest BCUT2D eigenvalue weighted by atomic mass is 9.98. The lowest BCUT2D eigenvalue weighted by molar-refractivity contribution is -0.124. The smallest absolute Gasteiger partial charge is 0.237 e. The second kappa shape index (κ2) is 9.85. The van der Waals surface area contributed by atoms with Gasteiger partial charge in [-0.3, -0.25) is 14.5 Å². The Kier molecular flexibility index (Phi) is 7.24. The number of hydrogen-bond donors (Lipinski definition) is 3. The standard InChI is InChI=1S/C21H32N4O2/c1-16-6-8-17(9-7-16)12-23-20(26)15-25-11-3-4-18(14-25)13-24-21(27)19-5-2-10-22-19/h6-9,18-19,22H,2-5,10-15H2,1H3,(H,23,26)(H,24,27). The zero-order valence-electron chi connectivity index (χ0n) is 16.3. The molecule has 0 aliphatic carbocycles. The lowest BCUT2D eigenvalue weighted by Crippen LogP contribution is -2.47. The first-order valence-electron chi connectivity index (χ1n) is 10.2. The Balaban J connectivity index is 1.36. The maximum Gasteiger partial charge on any atom is 0.237 e. The number of nitrogens with zero attached hydrogens (tertiary/aromatic N) is 1. The van der Waals surface area contributed by atoms with Gasteiger partial charge in [-0.2, -0.15) is 0 Å². The second-order valence-corrected chi connectivity index (χ2v) is 7.90. The Hall–Kier alpha value is -1.92. The number of amides is 2. The monoisotopic (exact) mass is 372 g/mol. The average Bonchev–Trinajstić information content (AvgIpc) is 3.21. The summed E-state index contributed by atoms with van der Waals surface area (Å²) >= 11 is 0. The third-order valence-corrected chi connectivity index (χ3v) is 5.52. The van der Waals surface area contributed by atoms with E-state index in [1.54, 1.807) is 0 Å². The number of hydrogen-bond acceptors (Lipinski definition) is 4. The summed E-state index contributed by atoms with van der Waals surface area (Å²) in [6.45, 7) is 6.53. The van der Waals surface area contributed by atoms with Crippen molar-refractivity contribution in [3.05, 3.63) is 35.4 Å². The van der Waals surface area contributed by atoms with Gasteiger partial charge in [-0.15, -0.1) is 0 Å². The number of carbonyl (C=O) groups is 2. The van der Waals surface area contributed by atoms with Gasteiger partial charge in [0.15, 0.2) is 0 Å². The number of likely N-dealkylation sites (tertiary alicyclic amines) is 1. The molecule has 2 unspecified atom stereocenters. The van der Waals surface area contributed by atoms with Crippen molar-refractivity contribution in [2.45, 2.75) is 45.2 Å². The molecule has 6 nitrogen and oxygen atoms in total. The van der Waals surface area contributed by atoms with E-state index < -0.39 is 0 Å². The molecule has 2 atom stereocenters. The fourth-order valence-corrected chi connectivity index (χ4v) is 3.90. The van der Waals surface area contributed by atoms with Crippen LogP contribution in [-0.4, -0.2) is 55.5 Å². The van der Waals surface area contributed by atoms with E-state index in [4.69, 9.17) is 0 Å². The molecule has 2 amide bonds. The van der Waals surface area contributed by atoms with Crippen molar-refractivity contribution in [3.8, 4) is 0 Å². The van der Waals surface area contributed by atoms with Gasteiger partial charge in [0, 0.05) is 19.6 Å². The largest absolute Gasteiger partial charge is 0.354 e. The Labute approximate surface area is 162 Å². The summed E-state index contributed by atoms with van der Waals surface area (Å²) in [4.78, 5) is 26.6. The molecular formula is C21H32N4O2. The molecule has 2 fully saturated rings. The molecule has 27 heavy (non-hydrogen) atoms. The van der Waals surface area contributed by atoms with Crippen molar-refractivity contribution in [2.24, 2.45) is 5.92 Å². The zero-order valence-corrected chi connectivity index (χ0v) is 16.3. The molecule has 0 spiro atoms. The van der Waals surface area contributed by atoms with Crippen LogP contribution in [0.25, 0.3) is 0 Å². The van der Waals surface area contributed by atoms with Crippen molar-refractivity contribution < 1.29 is 9.59 Å². The van der Waals surface area contributed by atoms with Gasteiger partial charge >= 0.3 is 0 Å². The van der Waals surface area contributed by atoms with Gasteiger partial charge in [-0.05, 0) is 57.2 Å². The highest BCUT2D eigenvalue weighted by atomic mass is 16.2. The minimum absolute atomic E-state index is 0.0164. The SMILES string of the molecule is Cc1ccc(CNC(=O)CN2CCCC(CNC(=O)C3CCCN3)C2)cc1.